The molecule has 1 aliphatic carbocycles. The van der Waals surface area contributed by atoms with Crippen LogP contribution in [0.5, 0.6) is 0 Å². The van der Waals surface area contributed by atoms with Gasteiger partial charge in [0.05, 0.1) is 6.04 Å². The molecule has 12 heavy (non-hydrogen) atoms. The molecule has 66 valence electrons. The fraction of sp³-hybridized carbons (Fsp3) is 0.800. The molecule has 2 heteroatoms. The third-order valence-electron chi connectivity index (χ3n) is 2.88. The van der Waals surface area contributed by atoms with E-state index in [9.17, 15) is 0 Å². The van der Waals surface area contributed by atoms with Crippen LogP contribution in [0, 0.1) is 5.92 Å². The molecule has 2 nitrogen and oxygen atoms in total. The van der Waals surface area contributed by atoms with E-state index in [1.165, 1.54) is 38.5 Å². The zero-order chi connectivity index (χ0) is 8.23. The van der Waals surface area contributed by atoms with E-state index in [1.807, 2.05) is 0 Å². The van der Waals surface area contributed by atoms with Crippen molar-refractivity contribution in [3.05, 3.63) is 0 Å². The molecule has 2 unspecified atom stereocenters. The average molecular weight is 164 g/mol. The van der Waals surface area contributed by atoms with Crippen LogP contribution in [0.3, 0.4) is 0 Å². The summed E-state index contributed by atoms with van der Waals surface area (Å²) < 4.78 is 0. The number of aliphatic imine (C=N–C) groups is 2. The van der Waals surface area contributed by atoms with Crippen molar-refractivity contribution in [3.8, 4) is 0 Å². The second kappa shape index (κ2) is 3.83. The van der Waals surface area contributed by atoms with E-state index in [0.717, 1.165) is 0 Å². The van der Waals surface area contributed by atoms with E-state index < -0.39 is 0 Å². The highest BCUT2D eigenvalue weighted by molar-refractivity contribution is 5.76. The van der Waals surface area contributed by atoms with E-state index in [4.69, 9.17) is 0 Å². The molecule has 0 saturated heterocycles. The molecule has 0 radical (unpaired) electrons. The summed E-state index contributed by atoms with van der Waals surface area (Å²) >= 11 is 0. The maximum absolute atomic E-state index is 4.43. The molecule has 0 spiro atoms. The lowest BCUT2D eigenvalue weighted by Gasteiger charge is -2.24. The van der Waals surface area contributed by atoms with Gasteiger partial charge in [-0.15, -0.1) is 0 Å². The highest BCUT2D eigenvalue weighted by Gasteiger charge is 2.21. The summed E-state index contributed by atoms with van der Waals surface area (Å²) in [7, 11) is 0. The molecule has 1 heterocycles. The topological polar surface area (TPSA) is 24.7 Å². The average Bonchev–Trinajstić information content (AvgIpc) is 2.06. The van der Waals surface area contributed by atoms with Gasteiger partial charge in [0.1, 0.15) is 6.34 Å². The summed E-state index contributed by atoms with van der Waals surface area (Å²) in [6, 6.07) is 0.558. The molecule has 1 aliphatic heterocycles. The minimum atomic E-state index is 0.558. The Kier molecular flexibility index (Phi) is 2.54. The number of hydrogen-bond donors (Lipinski definition) is 0. The second-order valence-electron chi connectivity index (χ2n) is 3.79. The Morgan fingerprint density at radius 3 is 2.75 bits per heavy atom. The molecule has 2 rings (SSSR count). The van der Waals surface area contributed by atoms with Crippen molar-refractivity contribution in [2.45, 2.75) is 44.6 Å². The fourth-order valence-corrected chi connectivity index (χ4v) is 2.13. The van der Waals surface area contributed by atoms with Gasteiger partial charge in [0.2, 0.25) is 0 Å². The Labute approximate surface area is 73.8 Å². The summed E-state index contributed by atoms with van der Waals surface area (Å²) in [4.78, 5) is 8.55. The first-order chi connectivity index (χ1) is 5.97. The van der Waals surface area contributed by atoms with Gasteiger partial charge in [0.25, 0.3) is 0 Å². The molecule has 0 bridgehead atoms. The van der Waals surface area contributed by atoms with Crippen molar-refractivity contribution in [1.29, 1.82) is 0 Å². The smallest absolute Gasteiger partial charge is 0.109 e. The zero-order valence-corrected chi connectivity index (χ0v) is 7.45. The minimum Gasteiger partial charge on any atom is -0.270 e. The Balaban J connectivity index is 2.00. The predicted molar refractivity (Wildman–Crippen MR) is 52.0 cm³/mol. The highest BCUT2D eigenvalue weighted by Crippen LogP contribution is 2.24. The van der Waals surface area contributed by atoms with Crippen molar-refractivity contribution in [2.24, 2.45) is 15.9 Å². The second-order valence-corrected chi connectivity index (χ2v) is 3.79. The molecule has 2 atom stereocenters. The molecule has 0 amide bonds. The van der Waals surface area contributed by atoms with Gasteiger partial charge in [0, 0.05) is 12.1 Å². The quantitative estimate of drug-likeness (QED) is 0.525. The standard InChI is InChI=1S/C10H16N2/c1-2-4-6-10-9(5-3-1)7-11-8-12-10/h7-10H,1-6H2. The van der Waals surface area contributed by atoms with E-state index in [2.05, 4.69) is 16.2 Å². The van der Waals surface area contributed by atoms with Gasteiger partial charge in [-0.05, 0) is 12.8 Å². The fourth-order valence-electron chi connectivity index (χ4n) is 2.13. The van der Waals surface area contributed by atoms with Gasteiger partial charge in [-0.2, -0.15) is 0 Å². The van der Waals surface area contributed by atoms with Crippen molar-refractivity contribution in [3.63, 3.8) is 0 Å². The van der Waals surface area contributed by atoms with Gasteiger partial charge < -0.3 is 0 Å². The van der Waals surface area contributed by atoms with Gasteiger partial charge in [-0.1, -0.05) is 25.7 Å². The third-order valence-corrected chi connectivity index (χ3v) is 2.88. The number of fused-ring (bicyclic) bond motifs is 1. The molecular weight excluding hydrogens is 148 g/mol. The lowest BCUT2D eigenvalue weighted by Crippen LogP contribution is -2.24. The Hall–Kier alpha value is -0.660. The first-order valence-corrected chi connectivity index (χ1v) is 5.02. The van der Waals surface area contributed by atoms with Crippen LogP contribution in [0.1, 0.15) is 38.5 Å². The lowest BCUT2D eigenvalue weighted by molar-refractivity contribution is 0.404. The molecule has 0 N–H and O–H groups in total. The monoisotopic (exact) mass is 164 g/mol. The van der Waals surface area contributed by atoms with E-state index in [-0.39, 0.29) is 0 Å². The summed E-state index contributed by atoms with van der Waals surface area (Å²) in [6.45, 7) is 0. The maximum Gasteiger partial charge on any atom is 0.109 e. The zero-order valence-electron chi connectivity index (χ0n) is 7.45. The van der Waals surface area contributed by atoms with Crippen molar-refractivity contribution in [2.75, 3.05) is 0 Å². The number of nitrogens with zero attached hydrogens (tertiary/aromatic N) is 2. The Morgan fingerprint density at radius 1 is 1.00 bits per heavy atom. The Morgan fingerprint density at radius 2 is 1.83 bits per heavy atom. The number of rotatable bonds is 0. The van der Waals surface area contributed by atoms with Gasteiger partial charge in [-0.3, -0.25) is 4.99 Å². The van der Waals surface area contributed by atoms with Crippen molar-refractivity contribution >= 4 is 12.6 Å². The van der Waals surface area contributed by atoms with Crippen molar-refractivity contribution in [1.82, 2.24) is 0 Å². The van der Waals surface area contributed by atoms with Crippen LogP contribution in [0.2, 0.25) is 0 Å². The minimum absolute atomic E-state index is 0.558. The summed E-state index contributed by atoms with van der Waals surface area (Å²) in [5, 5.41) is 0. The molecule has 1 saturated carbocycles. The highest BCUT2D eigenvalue weighted by atomic mass is 14.9. The first kappa shape index (κ1) is 7.96. The van der Waals surface area contributed by atoms with Crippen LogP contribution in [-0.4, -0.2) is 18.6 Å². The SMILES string of the molecule is C1=NC=NC2CCCCCCC12. The predicted octanol–water partition coefficient (Wildman–Crippen LogP) is 2.44. The molecule has 0 aromatic carbocycles. The van der Waals surface area contributed by atoms with Gasteiger partial charge in [0.15, 0.2) is 0 Å². The van der Waals surface area contributed by atoms with Crippen LogP contribution in [-0.2, 0) is 0 Å². The third kappa shape index (κ3) is 1.74. The molecule has 0 aromatic rings. The van der Waals surface area contributed by atoms with Crippen LogP contribution >= 0.6 is 0 Å². The van der Waals surface area contributed by atoms with E-state index in [0.29, 0.717) is 12.0 Å². The summed E-state index contributed by atoms with van der Waals surface area (Å²) in [5.41, 5.74) is 0. The van der Waals surface area contributed by atoms with Gasteiger partial charge >= 0.3 is 0 Å². The summed E-state index contributed by atoms with van der Waals surface area (Å²) in [5.74, 6) is 0.648. The van der Waals surface area contributed by atoms with E-state index in [1.54, 1.807) is 6.34 Å². The normalized spacial score (nSPS) is 35.3. The Bertz CT molecular complexity index is 174. The molecule has 1 fully saturated rings. The number of hydrogen-bond acceptors (Lipinski definition) is 2. The van der Waals surface area contributed by atoms with Crippen LogP contribution in [0.15, 0.2) is 9.98 Å². The van der Waals surface area contributed by atoms with Crippen LogP contribution < -0.4 is 0 Å². The summed E-state index contributed by atoms with van der Waals surface area (Å²) in [6.07, 6.45) is 11.9. The van der Waals surface area contributed by atoms with Crippen LogP contribution in [0.4, 0.5) is 0 Å². The van der Waals surface area contributed by atoms with Crippen LogP contribution in [0.25, 0.3) is 0 Å². The van der Waals surface area contributed by atoms with Crippen molar-refractivity contribution < 1.29 is 0 Å². The molecular formula is C10H16N2. The maximum atomic E-state index is 4.43. The molecule has 0 aromatic heterocycles. The van der Waals surface area contributed by atoms with Gasteiger partial charge in [-0.25, -0.2) is 4.99 Å². The van der Waals surface area contributed by atoms with E-state index >= 15 is 0 Å². The largest absolute Gasteiger partial charge is 0.270 e. The first-order valence-electron chi connectivity index (χ1n) is 5.02. The lowest BCUT2D eigenvalue weighted by atomic mass is 9.87. The molecule has 2 aliphatic rings.